The number of piperidine rings is 1. The zero-order valence-corrected chi connectivity index (χ0v) is 47.7. The van der Waals surface area contributed by atoms with Gasteiger partial charge in [0.2, 0.25) is 0 Å². The fourth-order valence-corrected chi connectivity index (χ4v) is 11.9. The number of hydrogen-bond acceptors (Lipinski definition) is 15. The van der Waals surface area contributed by atoms with Gasteiger partial charge in [0.15, 0.2) is 11.4 Å². The highest BCUT2D eigenvalue weighted by molar-refractivity contribution is 7.81. The number of cyclic esters (lactones) is 1. The van der Waals surface area contributed by atoms with Crippen molar-refractivity contribution in [2.24, 2.45) is 35.5 Å². The quantitative estimate of drug-likeness (QED) is 0.0398. The van der Waals surface area contributed by atoms with Gasteiger partial charge >= 0.3 is 5.97 Å². The zero-order chi connectivity index (χ0) is 55.0. The molecule has 2 N–H and O–H groups in total. The molecule has 1 amide bonds. The lowest BCUT2D eigenvalue weighted by atomic mass is 9.77. The van der Waals surface area contributed by atoms with Crippen molar-refractivity contribution >= 4 is 41.9 Å². The molecule has 0 spiro atoms. The number of methoxy groups -OCH3 is 3. The lowest BCUT2D eigenvalue weighted by Gasteiger charge is -2.44. The van der Waals surface area contributed by atoms with Crippen molar-refractivity contribution in [3.63, 3.8) is 0 Å². The Bertz CT molecular complexity index is 1990. The molecule has 3 fully saturated rings. The summed E-state index contributed by atoms with van der Waals surface area (Å²) in [5, 5.41) is 21.2. The maximum Gasteiger partial charge on any atom is 0.329 e. The molecular weight excluding hydrogens is 967 g/mol. The van der Waals surface area contributed by atoms with Gasteiger partial charge in [-0.25, -0.2) is 4.79 Å². The predicted molar refractivity (Wildman–Crippen MR) is 287 cm³/mol. The van der Waals surface area contributed by atoms with Gasteiger partial charge in [0.25, 0.3) is 11.7 Å². The molecule has 420 valence electrons. The first kappa shape index (κ1) is 63.5. The van der Waals surface area contributed by atoms with E-state index in [0.717, 1.165) is 12.0 Å². The van der Waals surface area contributed by atoms with Crippen molar-refractivity contribution in [2.45, 2.75) is 198 Å². The second kappa shape index (κ2) is 29.6. The third kappa shape index (κ3) is 16.7. The third-order valence-corrected chi connectivity index (χ3v) is 17.2. The normalized spacial score (nSPS) is 39.0. The summed E-state index contributed by atoms with van der Waals surface area (Å²) >= 11 is 4.96. The van der Waals surface area contributed by atoms with E-state index in [1.807, 2.05) is 65.0 Å². The first-order valence-corrected chi connectivity index (χ1v) is 27.8. The van der Waals surface area contributed by atoms with Crippen LogP contribution in [0.25, 0.3) is 0 Å². The van der Waals surface area contributed by atoms with Crippen molar-refractivity contribution in [1.82, 2.24) is 4.90 Å². The van der Waals surface area contributed by atoms with Crippen LogP contribution in [0.15, 0.2) is 47.6 Å². The molecule has 3 aliphatic heterocycles. The molecule has 74 heavy (non-hydrogen) atoms. The van der Waals surface area contributed by atoms with Crippen LogP contribution >= 0.6 is 12.6 Å². The summed E-state index contributed by atoms with van der Waals surface area (Å²) in [6.07, 6.45) is 14.6. The second-order valence-electron chi connectivity index (χ2n) is 22.3. The maximum absolute atomic E-state index is 14.7. The van der Waals surface area contributed by atoms with E-state index < -0.39 is 70.0 Å². The largest absolute Gasteiger partial charge is 0.460 e. The summed E-state index contributed by atoms with van der Waals surface area (Å²) in [6, 6.07) is -1.07. The molecule has 1 saturated carbocycles. The molecule has 16 heteroatoms. The van der Waals surface area contributed by atoms with Gasteiger partial charge in [0, 0.05) is 65.8 Å². The minimum atomic E-state index is -1.61. The van der Waals surface area contributed by atoms with Crippen LogP contribution in [0.2, 0.25) is 0 Å². The van der Waals surface area contributed by atoms with Crippen LogP contribution in [0, 0.1) is 35.5 Å². The van der Waals surface area contributed by atoms with E-state index in [1.165, 1.54) is 12.0 Å². The van der Waals surface area contributed by atoms with Crippen LogP contribution in [-0.4, -0.2) is 151 Å². The van der Waals surface area contributed by atoms with E-state index in [9.17, 15) is 34.2 Å². The van der Waals surface area contributed by atoms with Gasteiger partial charge in [-0.3, -0.25) is 19.2 Å². The average Bonchev–Trinajstić information content (AvgIpc) is 3.38. The molecule has 2 bridgehead atoms. The number of esters is 1. The van der Waals surface area contributed by atoms with Crippen LogP contribution in [0.3, 0.4) is 0 Å². The van der Waals surface area contributed by atoms with Crippen molar-refractivity contribution in [2.75, 3.05) is 54.3 Å². The number of carbonyl (C=O) groups is 5. The fourth-order valence-electron chi connectivity index (χ4n) is 11.4. The SMILES string of the molecule is COCCO[C@H]1C[C@@H]2CC[C@@H](C)C(C)(O2)C(=O)C(=O)N2CCCCC2C(=O)O[C@H]([C@H](C)C[C@@H]2CC[C@@H](OCCCO)[C@@](S)(OC)C2)CC(=O)[C@H](C)/C=C(\C)[C@@H](O)[C@](C)(OC)C(=O)[C@H](C)C[C@H](C)/C=C/C=C/C=C/1C. The van der Waals surface area contributed by atoms with Gasteiger partial charge in [0.05, 0.1) is 31.5 Å². The Balaban J connectivity index is 1.74. The molecule has 0 aromatic heterocycles. The fraction of sp³-hybridized carbons (Fsp3) is 0.776. The van der Waals surface area contributed by atoms with Crippen LogP contribution in [-0.2, 0) is 57.1 Å². The van der Waals surface area contributed by atoms with Crippen LogP contribution in [0.5, 0.6) is 0 Å². The molecule has 4 rings (SSSR count). The zero-order valence-electron chi connectivity index (χ0n) is 46.8. The second-order valence-corrected chi connectivity index (χ2v) is 23.1. The van der Waals surface area contributed by atoms with Crippen LogP contribution in [0.4, 0.5) is 0 Å². The standard InChI is InChI=1S/C58H93NO14S/c1-37-19-14-13-15-20-38(2)48(70-30-29-67-10)34-45-24-22-43(7)56(8,73-45)53(64)54(65)59-26-17-16-21-46(59)55(66)72-49(40(4)33-44-23-25-50(71-28-18-27-60)58(74,36-44)69-12)35-47(61)39(3)32-42(6)52(63)57(9,68-11)51(62)41(5)31-37/h13-15,19-20,32,37,39-41,43-46,48-50,52,60,63,74H,16-18,21-31,33-36H2,1-12H3/b15-13+,19-14+,38-20+,42-32+/t37-,39-,40-,41-,43-,44+,45+,46?,48+,49+,50-,52-,56?,57-,58-/m1/s1. The Kier molecular flexibility index (Phi) is 25.4. The molecule has 0 radical (unpaired) electrons. The first-order valence-electron chi connectivity index (χ1n) is 27.3. The molecule has 0 aromatic carbocycles. The molecule has 4 aliphatic rings. The molecule has 1 aliphatic carbocycles. The van der Waals surface area contributed by atoms with E-state index >= 15 is 0 Å². The summed E-state index contributed by atoms with van der Waals surface area (Å²) in [4.78, 5) is 73.0. The summed E-state index contributed by atoms with van der Waals surface area (Å²) in [5.74, 6) is -4.55. The number of ether oxygens (including phenoxy) is 7. The number of aliphatic hydroxyl groups excluding tert-OH is 2. The molecule has 15 nitrogen and oxygen atoms in total. The van der Waals surface area contributed by atoms with E-state index in [0.29, 0.717) is 89.6 Å². The molecule has 3 heterocycles. The van der Waals surface area contributed by atoms with Crippen LogP contribution in [0.1, 0.15) is 146 Å². The van der Waals surface area contributed by atoms with Crippen molar-refractivity contribution in [3.05, 3.63) is 47.6 Å². The Hall–Kier alpha value is -3.06. The Morgan fingerprint density at radius 2 is 1.59 bits per heavy atom. The molecule has 2 unspecified atom stereocenters. The Morgan fingerprint density at radius 1 is 0.865 bits per heavy atom. The monoisotopic (exact) mass is 1060 g/mol. The summed E-state index contributed by atoms with van der Waals surface area (Å²) in [5.41, 5.74) is -1.76. The number of hydrogen-bond donors (Lipinski definition) is 3. The van der Waals surface area contributed by atoms with Gasteiger partial charge < -0.3 is 48.3 Å². The summed E-state index contributed by atoms with van der Waals surface area (Å²) < 4.78 is 42.6. The Labute approximate surface area is 448 Å². The van der Waals surface area contributed by atoms with Crippen molar-refractivity contribution in [1.29, 1.82) is 0 Å². The minimum absolute atomic E-state index is 0.00385. The van der Waals surface area contributed by atoms with E-state index in [4.69, 9.17) is 45.8 Å². The Morgan fingerprint density at radius 3 is 2.27 bits per heavy atom. The number of amides is 1. The molecule has 2 saturated heterocycles. The smallest absolute Gasteiger partial charge is 0.329 e. The molecule has 15 atom stereocenters. The predicted octanol–water partition coefficient (Wildman–Crippen LogP) is 8.32. The number of allylic oxidation sites excluding steroid dienone is 6. The highest BCUT2D eigenvalue weighted by atomic mass is 32.1. The number of fused-ring (bicyclic) bond motifs is 3. The van der Waals surface area contributed by atoms with Gasteiger partial charge in [0.1, 0.15) is 34.6 Å². The number of carbonyl (C=O) groups excluding carboxylic acids is 5. The lowest BCUT2D eigenvalue weighted by molar-refractivity contribution is -0.185. The van der Waals surface area contributed by atoms with E-state index in [1.54, 1.807) is 48.0 Å². The lowest BCUT2D eigenvalue weighted by Crippen LogP contribution is -2.59. The third-order valence-electron chi connectivity index (χ3n) is 16.5. The number of thiol groups is 1. The first-order chi connectivity index (χ1) is 35.0. The number of aliphatic hydroxyl groups is 2. The topological polar surface area (TPSA) is 194 Å². The highest BCUT2D eigenvalue weighted by Crippen LogP contribution is 2.43. The number of rotatable bonds is 13. The number of nitrogens with zero attached hydrogens (tertiary/aromatic N) is 1. The van der Waals surface area contributed by atoms with Gasteiger partial charge in [-0.2, -0.15) is 0 Å². The summed E-state index contributed by atoms with van der Waals surface area (Å²) in [7, 11) is 4.61. The van der Waals surface area contributed by atoms with Gasteiger partial charge in [-0.15, -0.1) is 12.6 Å². The number of ketones is 3. The van der Waals surface area contributed by atoms with Gasteiger partial charge in [-0.1, -0.05) is 71.1 Å². The highest BCUT2D eigenvalue weighted by Gasteiger charge is 2.51. The van der Waals surface area contributed by atoms with E-state index in [-0.39, 0.29) is 73.4 Å². The van der Waals surface area contributed by atoms with Crippen molar-refractivity contribution < 1.29 is 67.3 Å². The van der Waals surface area contributed by atoms with E-state index in [2.05, 4.69) is 0 Å². The molecule has 0 aromatic rings. The minimum Gasteiger partial charge on any atom is -0.460 e. The van der Waals surface area contributed by atoms with Crippen LogP contribution < -0.4 is 0 Å². The number of Topliss-reactive ketones (excluding diaryl/α,β-unsaturated/α-hetero) is 3. The molecular formula is C58H93NO14S. The summed E-state index contributed by atoms with van der Waals surface area (Å²) in [6.45, 7) is 17.6. The van der Waals surface area contributed by atoms with Gasteiger partial charge in [-0.05, 0) is 133 Å². The average molecular weight is 1060 g/mol. The van der Waals surface area contributed by atoms with Crippen molar-refractivity contribution in [3.8, 4) is 0 Å². The maximum atomic E-state index is 14.7.